The number of ether oxygens (including phenoxy) is 1. The summed E-state index contributed by atoms with van der Waals surface area (Å²) in [6, 6.07) is 27.2. The van der Waals surface area contributed by atoms with Gasteiger partial charge in [0.15, 0.2) is 0 Å². The average Bonchev–Trinajstić information content (AvgIpc) is 2.91. The molecule has 8 heteroatoms. The van der Waals surface area contributed by atoms with Crippen LogP contribution in [-0.2, 0) is 21.4 Å². The van der Waals surface area contributed by atoms with Gasteiger partial charge in [0.2, 0.25) is 10.0 Å². The summed E-state index contributed by atoms with van der Waals surface area (Å²) in [4.78, 5) is 13.0. The fourth-order valence-electron chi connectivity index (χ4n) is 4.17. The van der Waals surface area contributed by atoms with Crippen LogP contribution in [0.5, 0.6) is 5.75 Å². The van der Waals surface area contributed by atoms with Gasteiger partial charge in [-0.25, -0.2) is 13.8 Å². The van der Waals surface area contributed by atoms with Gasteiger partial charge in [0.1, 0.15) is 18.4 Å². The van der Waals surface area contributed by atoms with Gasteiger partial charge in [-0.15, -0.1) is 0 Å². The smallest absolute Gasteiger partial charge is 0.258 e. The fourth-order valence-corrected chi connectivity index (χ4v) is 5.37. The van der Waals surface area contributed by atoms with Crippen LogP contribution in [0.25, 0.3) is 10.8 Å². The number of hydrazone groups is 1. The first-order valence-corrected chi connectivity index (χ1v) is 14.3. The molecule has 4 aromatic rings. The Bertz CT molecular complexity index is 1560. The summed E-state index contributed by atoms with van der Waals surface area (Å²) < 4.78 is 34.3. The minimum atomic E-state index is -3.87. The Labute approximate surface area is 230 Å². The first-order chi connectivity index (χ1) is 18.7. The fraction of sp³-hybridized carbons (Fsp3) is 0.226. The van der Waals surface area contributed by atoms with Crippen LogP contribution >= 0.6 is 0 Å². The van der Waals surface area contributed by atoms with Crippen LogP contribution in [-0.4, -0.2) is 26.6 Å². The Morgan fingerprint density at radius 1 is 0.949 bits per heavy atom. The number of carbonyl (C=O) groups excluding carboxylic acids is 1. The third-order valence-corrected chi connectivity index (χ3v) is 7.66. The molecule has 0 aliphatic carbocycles. The number of nitrogens with zero attached hydrogens (tertiary/aromatic N) is 1. The number of fused-ring (bicyclic) bond motifs is 1. The normalized spacial score (nSPS) is 12.6. The quantitative estimate of drug-likeness (QED) is 0.191. The predicted molar refractivity (Wildman–Crippen MR) is 155 cm³/mol. The van der Waals surface area contributed by atoms with Crippen molar-refractivity contribution in [3.63, 3.8) is 0 Å². The van der Waals surface area contributed by atoms with Crippen LogP contribution in [0, 0.1) is 12.8 Å². The Hall–Kier alpha value is -4.01. The minimum Gasteiger partial charge on any atom is -0.489 e. The van der Waals surface area contributed by atoms with Gasteiger partial charge in [0.05, 0.1) is 11.1 Å². The van der Waals surface area contributed by atoms with Crippen LogP contribution in [0.15, 0.2) is 101 Å². The van der Waals surface area contributed by atoms with Gasteiger partial charge in [-0.2, -0.15) is 9.82 Å². The lowest BCUT2D eigenvalue weighted by atomic mass is 10.0. The summed E-state index contributed by atoms with van der Waals surface area (Å²) in [7, 11) is -3.87. The van der Waals surface area contributed by atoms with E-state index in [9.17, 15) is 13.2 Å². The maximum absolute atomic E-state index is 12.9. The van der Waals surface area contributed by atoms with Crippen LogP contribution in [0.3, 0.4) is 0 Å². The summed E-state index contributed by atoms with van der Waals surface area (Å²) in [6.07, 6.45) is 1.83. The molecule has 0 heterocycles. The summed E-state index contributed by atoms with van der Waals surface area (Å²) in [6.45, 7) is 6.14. The maximum atomic E-state index is 12.9. The van der Waals surface area contributed by atoms with E-state index in [4.69, 9.17) is 4.74 Å². The van der Waals surface area contributed by atoms with Crippen molar-refractivity contribution < 1.29 is 17.9 Å². The molecule has 39 heavy (non-hydrogen) atoms. The lowest BCUT2D eigenvalue weighted by Crippen LogP contribution is -2.46. The highest BCUT2D eigenvalue weighted by molar-refractivity contribution is 7.89. The minimum absolute atomic E-state index is 0.0843. The largest absolute Gasteiger partial charge is 0.489 e. The van der Waals surface area contributed by atoms with E-state index >= 15 is 0 Å². The number of aryl methyl sites for hydroxylation is 1. The SMILES string of the molecule is Cc1ccc(S(=O)(=O)N[C@H](CC(C)C)C(=O)N/N=C\c2cccc(OCc3cccc4ccccc34)c2)cc1. The van der Waals surface area contributed by atoms with Gasteiger partial charge in [-0.05, 0) is 65.4 Å². The second-order valence-electron chi connectivity index (χ2n) is 9.85. The van der Waals surface area contributed by atoms with E-state index < -0.39 is 22.0 Å². The molecule has 0 bridgehead atoms. The second-order valence-corrected chi connectivity index (χ2v) is 11.6. The van der Waals surface area contributed by atoms with Crippen LogP contribution < -0.4 is 14.9 Å². The van der Waals surface area contributed by atoms with Crippen molar-refractivity contribution >= 4 is 32.9 Å². The number of rotatable bonds is 11. The number of nitrogens with one attached hydrogen (secondary N) is 2. The van der Waals surface area contributed by atoms with E-state index in [2.05, 4.69) is 33.4 Å². The van der Waals surface area contributed by atoms with Crippen molar-refractivity contribution in [2.75, 3.05) is 0 Å². The highest BCUT2D eigenvalue weighted by Crippen LogP contribution is 2.21. The van der Waals surface area contributed by atoms with Gasteiger partial charge in [0.25, 0.3) is 5.91 Å². The molecule has 0 saturated heterocycles. The summed E-state index contributed by atoms with van der Waals surface area (Å²) in [5.74, 6) is 0.224. The lowest BCUT2D eigenvalue weighted by molar-refractivity contribution is -0.123. The Kier molecular flexibility index (Phi) is 9.11. The Balaban J connectivity index is 1.39. The standard InChI is InChI=1S/C31H33N3O4S/c1-22(2)18-30(34-39(36,37)28-16-14-23(3)15-17-28)31(35)33-32-20-24-8-6-12-27(19-24)38-21-26-11-7-10-25-9-4-5-13-29(25)26/h4-17,19-20,22,30,34H,18,21H2,1-3H3,(H,33,35)/b32-20-/t30-/m1/s1. The molecular weight excluding hydrogens is 510 g/mol. The van der Waals surface area contributed by atoms with Crippen molar-refractivity contribution in [2.24, 2.45) is 11.0 Å². The zero-order valence-electron chi connectivity index (χ0n) is 22.3. The predicted octanol–water partition coefficient (Wildman–Crippen LogP) is 5.57. The van der Waals surface area contributed by atoms with E-state index in [-0.39, 0.29) is 10.8 Å². The molecule has 1 amide bonds. The molecular formula is C31H33N3O4S. The zero-order valence-corrected chi connectivity index (χ0v) is 23.1. The van der Waals surface area contributed by atoms with Crippen LogP contribution in [0.1, 0.15) is 37.0 Å². The molecule has 0 aliphatic rings. The third-order valence-electron chi connectivity index (χ3n) is 6.17. The van der Waals surface area contributed by atoms with Gasteiger partial charge in [-0.3, -0.25) is 4.79 Å². The average molecular weight is 544 g/mol. The molecule has 0 saturated carbocycles. The summed E-state index contributed by atoms with van der Waals surface area (Å²) in [5.41, 5.74) is 5.24. The maximum Gasteiger partial charge on any atom is 0.258 e. The summed E-state index contributed by atoms with van der Waals surface area (Å²) >= 11 is 0. The molecule has 202 valence electrons. The van der Waals surface area contributed by atoms with Crippen molar-refractivity contribution in [3.8, 4) is 5.75 Å². The monoisotopic (exact) mass is 543 g/mol. The van der Waals surface area contributed by atoms with Crippen molar-refractivity contribution in [1.29, 1.82) is 0 Å². The molecule has 0 aromatic heterocycles. The molecule has 4 aromatic carbocycles. The number of carbonyl (C=O) groups is 1. The van der Waals surface area contributed by atoms with E-state index in [0.717, 1.165) is 27.5 Å². The van der Waals surface area contributed by atoms with Gasteiger partial charge in [0, 0.05) is 0 Å². The highest BCUT2D eigenvalue weighted by atomic mass is 32.2. The number of hydrogen-bond acceptors (Lipinski definition) is 5. The Morgan fingerprint density at radius 2 is 1.67 bits per heavy atom. The van der Waals surface area contributed by atoms with Gasteiger partial charge in [-0.1, -0.05) is 86.1 Å². The van der Waals surface area contributed by atoms with Crippen LogP contribution in [0.2, 0.25) is 0 Å². The zero-order chi connectivity index (χ0) is 27.8. The molecule has 0 aliphatic heterocycles. The number of benzene rings is 4. The van der Waals surface area contributed by atoms with Gasteiger partial charge < -0.3 is 4.74 Å². The van der Waals surface area contributed by atoms with E-state index in [1.807, 2.05) is 69.3 Å². The van der Waals surface area contributed by atoms with Crippen molar-refractivity contribution in [3.05, 3.63) is 108 Å². The van der Waals surface area contributed by atoms with Gasteiger partial charge >= 0.3 is 0 Å². The van der Waals surface area contributed by atoms with E-state index in [1.165, 1.54) is 18.3 Å². The number of amides is 1. The molecule has 0 spiro atoms. The molecule has 7 nitrogen and oxygen atoms in total. The molecule has 0 unspecified atom stereocenters. The lowest BCUT2D eigenvalue weighted by Gasteiger charge is -2.19. The van der Waals surface area contributed by atoms with E-state index in [0.29, 0.717) is 18.8 Å². The second kappa shape index (κ2) is 12.7. The molecule has 2 N–H and O–H groups in total. The topological polar surface area (TPSA) is 96.9 Å². The number of hydrogen-bond donors (Lipinski definition) is 2. The first kappa shape index (κ1) is 28.0. The van der Waals surface area contributed by atoms with Crippen LogP contribution in [0.4, 0.5) is 0 Å². The number of sulfonamides is 1. The first-order valence-electron chi connectivity index (χ1n) is 12.8. The van der Waals surface area contributed by atoms with Crippen molar-refractivity contribution in [2.45, 2.75) is 44.7 Å². The molecule has 1 atom stereocenters. The highest BCUT2D eigenvalue weighted by Gasteiger charge is 2.26. The molecule has 0 radical (unpaired) electrons. The summed E-state index contributed by atoms with van der Waals surface area (Å²) in [5, 5.41) is 6.38. The third kappa shape index (κ3) is 7.75. The van der Waals surface area contributed by atoms with E-state index in [1.54, 1.807) is 12.1 Å². The molecule has 4 rings (SSSR count). The van der Waals surface area contributed by atoms with Crippen molar-refractivity contribution in [1.82, 2.24) is 10.1 Å². The Morgan fingerprint density at radius 3 is 2.44 bits per heavy atom. The molecule has 0 fully saturated rings.